The summed E-state index contributed by atoms with van der Waals surface area (Å²) in [5, 5.41) is 0. The van der Waals surface area contributed by atoms with Crippen molar-refractivity contribution in [3.05, 3.63) is 11.5 Å². The highest BCUT2D eigenvalue weighted by atomic mass is 16.5. The number of carbonyl (C=O) groups is 1. The van der Waals surface area contributed by atoms with E-state index >= 15 is 0 Å². The van der Waals surface area contributed by atoms with Crippen molar-refractivity contribution < 1.29 is 9.53 Å². The van der Waals surface area contributed by atoms with E-state index in [4.69, 9.17) is 16.9 Å². The molecule has 1 fully saturated rings. The fourth-order valence-corrected chi connectivity index (χ4v) is 3.76. The number of aliphatic imine (C=N–C) groups is 1. The number of hydrogen-bond acceptors (Lipinski definition) is 6. The number of hydrogen-bond donors (Lipinski definition) is 1. The molecule has 2 N–H and O–H groups in total. The monoisotopic (exact) mass is 326 g/mol. The average molecular weight is 326 g/mol. The quantitative estimate of drug-likeness (QED) is 0.665. The first-order chi connectivity index (χ1) is 11.6. The smallest absolute Gasteiger partial charge is 0.308 e. The summed E-state index contributed by atoms with van der Waals surface area (Å²) in [6.07, 6.45) is 12.9. The summed E-state index contributed by atoms with van der Waals surface area (Å²) in [4.78, 5) is 24.7. The van der Waals surface area contributed by atoms with E-state index in [0.717, 1.165) is 44.2 Å². The maximum atomic E-state index is 11.7. The van der Waals surface area contributed by atoms with E-state index in [-0.39, 0.29) is 11.9 Å². The van der Waals surface area contributed by atoms with Crippen LogP contribution in [0.4, 0.5) is 11.5 Å². The van der Waals surface area contributed by atoms with Gasteiger partial charge in [-0.2, -0.15) is 0 Å². The minimum Gasteiger partial charge on any atom is -0.469 e. The molecule has 2 heterocycles. The van der Waals surface area contributed by atoms with Gasteiger partial charge in [0.25, 0.3) is 0 Å². The molecular weight excluding hydrogens is 304 g/mol. The van der Waals surface area contributed by atoms with E-state index in [0.29, 0.717) is 29.2 Å². The number of aryl methyl sites for hydroxylation is 1. The fourth-order valence-electron chi connectivity index (χ4n) is 3.76. The van der Waals surface area contributed by atoms with E-state index in [1.54, 1.807) is 0 Å². The van der Waals surface area contributed by atoms with E-state index in [2.05, 4.69) is 20.9 Å². The lowest BCUT2D eigenvalue weighted by Gasteiger charge is -2.30. The maximum absolute atomic E-state index is 11.7. The minimum absolute atomic E-state index is 0.0471. The molecule has 0 bridgehead atoms. The van der Waals surface area contributed by atoms with Crippen molar-refractivity contribution in [2.75, 3.05) is 12.8 Å². The topological polar surface area (TPSA) is 90.5 Å². The summed E-state index contributed by atoms with van der Waals surface area (Å²) >= 11 is 0. The van der Waals surface area contributed by atoms with Crippen LogP contribution in [0.15, 0.2) is 4.99 Å². The Morgan fingerprint density at radius 2 is 2.04 bits per heavy atom. The predicted octanol–water partition coefficient (Wildman–Crippen LogP) is 2.28. The van der Waals surface area contributed by atoms with Gasteiger partial charge in [-0.3, -0.25) is 9.79 Å². The molecule has 6 nitrogen and oxygen atoms in total. The highest BCUT2D eigenvalue weighted by Crippen LogP contribution is 2.37. The van der Waals surface area contributed by atoms with E-state index < -0.39 is 0 Å². The Hall–Kier alpha value is -2.42. The number of rotatable bonds is 2. The van der Waals surface area contributed by atoms with Gasteiger partial charge in [0, 0.05) is 6.21 Å². The zero-order valence-corrected chi connectivity index (χ0v) is 13.9. The number of nitrogens with two attached hydrogens (primary N) is 1. The summed E-state index contributed by atoms with van der Waals surface area (Å²) in [5.41, 5.74) is 7.45. The Morgan fingerprint density at radius 3 is 2.71 bits per heavy atom. The predicted molar refractivity (Wildman–Crippen MR) is 91.8 cm³/mol. The zero-order valence-electron chi connectivity index (χ0n) is 13.9. The molecular formula is C18H22N4O2. The molecule has 3 rings (SSSR count). The molecule has 1 aliphatic carbocycles. The van der Waals surface area contributed by atoms with Crippen LogP contribution in [0, 0.1) is 30.1 Å². The van der Waals surface area contributed by atoms with Crippen LogP contribution in [-0.2, 0) is 16.0 Å². The Kier molecular flexibility index (Phi) is 4.79. The Bertz CT molecular complexity index is 700. The maximum Gasteiger partial charge on any atom is 0.308 e. The number of nitrogen functional groups attached to an aromatic ring is 1. The molecule has 0 radical (unpaired) electrons. The van der Waals surface area contributed by atoms with Gasteiger partial charge in [-0.25, -0.2) is 9.97 Å². The van der Waals surface area contributed by atoms with Gasteiger partial charge in [0.15, 0.2) is 5.82 Å². The number of methoxy groups -OCH3 is 1. The molecule has 0 amide bonds. The number of nitrogens with zero attached hydrogens (tertiary/aromatic N) is 3. The van der Waals surface area contributed by atoms with Crippen LogP contribution in [0.25, 0.3) is 0 Å². The second-order valence-corrected chi connectivity index (χ2v) is 6.49. The highest BCUT2D eigenvalue weighted by molar-refractivity contribution is 5.74. The van der Waals surface area contributed by atoms with Crippen molar-refractivity contribution in [3.63, 3.8) is 0 Å². The standard InChI is InChI=1S/C18H22N4O2/c1-3-15-21-14-9-8-13(10-20-16(14)17(19)22-15)11-4-6-12(7-5-11)18(23)24-2/h1,10-13H,4-9H2,2H3,(H2,19,21,22). The van der Waals surface area contributed by atoms with Gasteiger partial charge in [-0.15, -0.1) is 6.42 Å². The molecule has 2 aliphatic rings. The summed E-state index contributed by atoms with van der Waals surface area (Å²) in [7, 11) is 1.46. The van der Waals surface area contributed by atoms with Crippen LogP contribution in [0.1, 0.15) is 43.6 Å². The van der Waals surface area contributed by atoms with Crippen molar-refractivity contribution >= 4 is 23.7 Å². The van der Waals surface area contributed by atoms with Crippen LogP contribution < -0.4 is 5.73 Å². The Labute approximate surface area is 141 Å². The molecule has 1 aromatic rings. The first kappa shape index (κ1) is 16.4. The van der Waals surface area contributed by atoms with Gasteiger partial charge < -0.3 is 10.5 Å². The molecule has 1 saturated carbocycles. The molecule has 1 aromatic heterocycles. The fraction of sp³-hybridized carbons (Fsp3) is 0.556. The molecule has 0 aromatic carbocycles. The third-order valence-corrected chi connectivity index (χ3v) is 5.13. The third-order valence-electron chi connectivity index (χ3n) is 5.13. The van der Waals surface area contributed by atoms with E-state index in [9.17, 15) is 4.79 Å². The lowest BCUT2D eigenvalue weighted by Crippen LogP contribution is -2.27. The van der Waals surface area contributed by atoms with Crippen molar-refractivity contribution in [2.45, 2.75) is 38.5 Å². The average Bonchev–Trinajstić information content (AvgIpc) is 2.84. The molecule has 0 saturated heterocycles. The normalized spacial score (nSPS) is 26.1. The van der Waals surface area contributed by atoms with Crippen LogP contribution in [0.2, 0.25) is 0 Å². The number of carbonyl (C=O) groups excluding carboxylic acids is 1. The van der Waals surface area contributed by atoms with Crippen molar-refractivity contribution in [1.29, 1.82) is 0 Å². The minimum atomic E-state index is -0.0831. The first-order valence-corrected chi connectivity index (χ1v) is 8.37. The van der Waals surface area contributed by atoms with Gasteiger partial charge in [0.05, 0.1) is 18.7 Å². The van der Waals surface area contributed by atoms with Gasteiger partial charge in [-0.1, -0.05) is 0 Å². The lowest BCUT2D eigenvalue weighted by molar-refractivity contribution is -0.146. The number of anilines is 1. The number of terminal acetylenes is 1. The van der Waals surface area contributed by atoms with Crippen LogP contribution in [-0.4, -0.2) is 29.3 Å². The van der Waals surface area contributed by atoms with Gasteiger partial charge in [-0.05, 0) is 56.3 Å². The van der Waals surface area contributed by atoms with Crippen LogP contribution in [0.3, 0.4) is 0 Å². The molecule has 1 aliphatic heterocycles. The zero-order chi connectivity index (χ0) is 17.1. The number of ether oxygens (including phenoxy) is 1. The summed E-state index contributed by atoms with van der Waals surface area (Å²) in [6.45, 7) is 0. The second kappa shape index (κ2) is 7.00. The van der Waals surface area contributed by atoms with Crippen molar-refractivity contribution in [3.8, 4) is 12.3 Å². The van der Waals surface area contributed by atoms with Crippen molar-refractivity contribution in [2.24, 2.45) is 22.7 Å². The summed E-state index contributed by atoms with van der Waals surface area (Å²) in [6, 6.07) is 0. The molecule has 0 spiro atoms. The summed E-state index contributed by atoms with van der Waals surface area (Å²) < 4.78 is 4.86. The molecule has 24 heavy (non-hydrogen) atoms. The summed E-state index contributed by atoms with van der Waals surface area (Å²) in [5.74, 6) is 3.96. The van der Waals surface area contributed by atoms with E-state index in [1.807, 2.05) is 6.21 Å². The van der Waals surface area contributed by atoms with Crippen LogP contribution >= 0.6 is 0 Å². The first-order valence-electron chi connectivity index (χ1n) is 8.37. The van der Waals surface area contributed by atoms with Gasteiger partial charge in [0.2, 0.25) is 5.82 Å². The molecule has 1 atom stereocenters. The number of aromatic nitrogens is 2. The Morgan fingerprint density at radius 1 is 1.29 bits per heavy atom. The number of fused-ring (bicyclic) bond motifs is 1. The van der Waals surface area contributed by atoms with Crippen molar-refractivity contribution in [1.82, 2.24) is 9.97 Å². The number of esters is 1. The van der Waals surface area contributed by atoms with E-state index in [1.165, 1.54) is 7.11 Å². The second-order valence-electron chi connectivity index (χ2n) is 6.49. The molecule has 126 valence electrons. The lowest BCUT2D eigenvalue weighted by atomic mass is 9.75. The highest BCUT2D eigenvalue weighted by Gasteiger charge is 2.31. The van der Waals surface area contributed by atoms with Gasteiger partial charge in [0.1, 0.15) is 5.69 Å². The third kappa shape index (κ3) is 3.25. The molecule has 6 heteroatoms. The SMILES string of the molecule is C#Cc1nc(N)c2c(n1)CCC(C1CCC(C(=O)OC)CC1)C=N2. The van der Waals surface area contributed by atoms with Crippen LogP contribution in [0.5, 0.6) is 0 Å². The molecule has 1 unspecified atom stereocenters. The Balaban J connectivity index is 1.69. The largest absolute Gasteiger partial charge is 0.469 e. The van der Waals surface area contributed by atoms with Gasteiger partial charge >= 0.3 is 5.97 Å².